The van der Waals surface area contributed by atoms with Crippen molar-refractivity contribution in [3.05, 3.63) is 59.7 Å². The van der Waals surface area contributed by atoms with E-state index < -0.39 is 0 Å². The number of carbonyl (C=O) groups excluding carboxylic acids is 1. The minimum atomic E-state index is 0.0764. The van der Waals surface area contributed by atoms with Crippen molar-refractivity contribution in [1.29, 1.82) is 0 Å². The van der Waals surface area contributed by atoms with Crippen molar-refractivity contribution >= 4 is 6.29 Å². The number of ether oxygens (including phenoxy) is 2. The van der Waals surface area contributed by atoms with E-state index >= 15 is 0 Å². The average molecular weight is 415 g/mol. The molecular weight excluding hydrogens is 376 g/mol. The van der Waals surface area contributed by atoms with Crippen molar-refractivity contribution in [2.45, 2.75) is 71.8 Å². The van der Waals surface area contributed by atoms with Gasteiger partial charge in [0.15, 0.2) is 0 Å². The summed E-state index contributed by atoms with van der Waals surface area (Å²) in [6.07, 6.45) is 10.5. The molecule has 4 nitrogen and oxygen atoms in total. The van der Waals surface area contributed by atoms with E-state index in [4.69, 9.17) is 14.6 Å². The molecule has 30 heavy (non-hydrogen) atoms. The summed E-state index contributed by atoms with van der Waals surface area (Å²) in [6, 6.07) is 14.9. The number of hydrogen-bond acceptors (Lipinski definition) is 4. The van der Waals surface area contributed by atoms with Gasteiger partial charge in [0.25, 0.3) is 0 Å². The molecular formula is C26H38O4. The lowest BCUT2D eigenvalue weighted by atomic mass is 10.2. The Morgan fingerprint density at radius 2 is 1.33 bits per heavy atom. The van der Waals surface area contributed by atoms with Crippen LogP contribution in [0.4, 0.5) is 0 Å². The first-order chi connectivity index (χ1) is 14.7. The minimum Gasteiger partial charge on any atom is -0.494 e. The van der Waals surface area contributed by atoms with Crippen molar-refractivity contribution in [3.8, 4) is 11.5 Å². The third-order valence-electron chi connectivity index (χ3n) is 4.61. The molecule has 0 aliphatic carbocycles. The lowest BCUT2D eigenvalue weighted by Gasteiger charge is -2.06. The highest BCUT2D eigenvalue weighted by molar-refractivity contribution is 5.75. The van der Waals surface area contributed by atoms with Gasteiger partial charge in [-0.25, -0.2) is 0 Å². The second kappa shape index (κ2) is 17.5. The lowest BCUT2D eigenvalue weighted by molar-refractivity contribution is 0.112. The summed E-state index contributed by atoms with van der Waals surface area (Å²) in [5.41, 5.74) is 1.57. The van der Waals surface area contributed by atoms with Crippen LogP contribution in [0.25, 0.3) is 0 Å². The quantitative estimate of drug-likeness (QED) is 0.280. The Kier molecular flexibility index (Phi) is 15.0. The van der Waals surface area contributed by atoms with Gasteiger partial charge in [-0.2, -0.15) is 0 Å². The monoisotopic (exact) mass is 414 g/mol. The van der Waals surface area contributed by atoms with E-state index in [0.29, 0.717) is 5.56 Å². The maximum absolute atomic E-state index is 10.5. The summed E-state index contributed by atoms with van der Waals surface area (Å²) in [6.45, 7) is 5.98. The Balaban J connectivity index is 0.000000300. The Labute approximate surface area is 182 Å². The fourth-order valence-corrected chi connectivity index (χ4v) is 2.85. The van der Waals surface area contributed by atoms with Crippen LogP contribution in [0.5, 0.6) is 11.5 Å². The number of unbranched alkanes of at least 4 members (excludes halogenated alkanes) is 6. The summed E-state index contributed by atoms with van der Waals surface area (Å²) >= 11 is 0. The van der Waals surface area contributed by atoms with E-state index in [1.54, 1.807) is 12.1 Å². The number of carbonyl (C=O) groups is 1. The van der Waals surface area contributed by atoms with Gasteiger partial charge in [-0.1, -0.05) is 76.6 Å². The van der Waals surface area contributed by atoms with Gasteiger partial charge in [-0.05, 0) is 42.7 Å². The van der Waals surface area contributed by atoms with Crippen LogP contribution in [0, 0.1) is 0 Å². The van der Waals surface area contributed by atoms with Crippen LogP contribution in [0.3, 0.4) is 0 Å². The van der Waals surface area contributed by atoms with Gasteiger partial charge in [0, 0.05) is 5.56 Å². The van der Waals surface area contributed by atoms with Gasteiger partial charge < -0.3 is 14.6 Å². The zero-order valence-electron chi connectivity index (χ0n) is 18.6. The number of hydrogen-bond donors (Lipinski definition) is 1. The molecule has 0 fully saturated rings. The van der Waals surface area contributed by atoms with Crippen LogP contribution in [-0.4, -0.2) is 24.6 Å². The van der Waals surface area contributed by atoms with Gasteiger partial charge in [0.05, 0.1) is 19.8 Å². The van der Waals surface area contributed by atoms with Gasteiger partial charge >= 0.3 is 0 Å². The lowest BCUT2D eigenvalue weighted by Crippen LogP contribution is -1.97. The number of rotatable bonds is 14. The Hall–Kier alpha value is -2.33. The van der Waals surface area contributed by atoms with Gasteiger partial charge in [-0.3, -0.25) is 4.79 Å². The maximum atomic E-state index is 10.5. The highest BCUT2D eigenvalue weighted by Gasteiger charge is 1.96. The second-order valence-electron chi connectivity index (χ2n) is 7.31. The Morgan fingerprint density at radius 3 is 1.87 bits per heavy atom. The molecule has 1 N–H and O–H groups in total. The summed E-state index contributed by atoms with van der Waals surface area (Å²) in [5.74, 6) is 1.65. The number of aldehydes is 1. The van der Waals surface area contributed by atoms with E-state index in [0.717, 1.165) is 49.4 Å². The van der Waals surface area contributed by atoms with Crippen molar-refractivity contribution in [1.82, 2.24) is 0 Å². The third-order valence-corrected chi connectivity index (χ3v) is 4.61. The smallest absolute Gasteiger partial charge is 0.150 e. The Morgan fingerprint density at radius 1 is 0.767 bits per heavy atom. The molecule has 0 saturated heterocycles. The molecule has 0 heterocycles. The van der Waals surface area contributed by atoms with E-state index in [2.05, 4.69) is 13.8 Å². The molecule has 2 aromatic carbocycles. The molecule has 0 atom stereocenters. The topological polar surface area (TPSA) is 55.8 Å². The highest BCUT2D eigenvalue weighted by atomic mass is 16.5. The molecule has 0 amide bonds. The molecule has 0 aromatic heterocycles. The zero-order chi connectivity index (χ0) is 21.9. The van der Waals surface area contributed by atoms with E-state index in [-0.39, 0.29) is 6.61 Å². The first kappa shape index (κ1) is 25.7. The molecule has 0 aliphatic rings. The third kappa shape index (κ3) is 12.3. The molecule has 2 aromatic rings. The first-order valence-electron chi connectivity index (χ1n) is 11.2. The SMILES string of the molecule is CCCCCCOc1cccc(C=O)c1.CCCCCCOc1cccc(CO)c1. The van der Waals surface area contributed by atoms with E-state index in [1.807, 2.05) is 36.4 Å². The van der Waals surface area contributed by atoms with Crippen LogP contribution in [0.1, 0.15) is 81.1 Å². The minimum absolute atomic E-state index is 0.0764. The van der Waals surface area contributed by atoms with Gasteiger partial charge in [0.1, 0.15) is 17.8 Å². The summed E-state index contributed by atoms with van der Waals surface area (Å²) in [4.78, 5) is 10.5. The predicted molar refractivity (Wildman–Crippen MR) is 123 cm³/mol. The zero-order valence-corrected chi connectivity index (χ0v) is 18.6. The Bertz CT molecular complexity index is 684. The largest absolute Gasteiger partial charge is 0.494 e. The molecule has 2 rings (SSSR count). The van der Waals surface area contributed by atoms with Crippen molar-refractivity contribution in [2.24, 2.45) is 0 Å². The average Bonchev–Trinajstić information content (AvgIpc) is 2.79. The normalized spacial score (nSPS) is 10.1. The van der Waals surface area contributed by atoms with Crippen LogP contribution in [-0.2, 0) is 6.61 Å². The molecule has 4 heteroatoms. The van der Waals surface area contributed by atoms with Crippen LogP contribution in [0.2, 0.25) is 0 Å². The molecule has 0 bridgehead atoms. The molecule has 0 spiro atoms. The standard InChI is InChI=1S/C13H20O2.C13H18O2/c2*1-2-3-4-5-9-15-13-8-6-7-12(10-13)11-14/h6-8,10,14H,2-5,9,11H2,1H3;6-8,10-11H,2-5,9H2,1H3. The number of aliphatic hydroxyl groups excluding tert-OH is 1. The van der Waals surface area contributed by atoms with Gasteiger partial charge in [0.2, 0.25) is 0 Å². The maximum Gasteiger partial charge on any atom is 0.150 e. The highest BCUT2D eigenvalue weighted by Crippen LogP contribution is 2.14. The fraction of sp³-hybridized carbons (Fsp3) is 0.500. The number of aliphatic hydroxyl groups is 1. The second-order valence-corrected chi connectivity index (χ2v) is 7.31. The van der Waals surface area contributed by atoms with Crippen LogP contribution >= 0.6 is 0 Å². The summed E-state index contributed by atoms with van der Waals surface area (Å²) in [7, 11) is 0. The van der Waals surface area contributed by atoms with Gasteiger partial charge in [-0.15, -0.1) is 0 Å². The summed E-state index contributed by atoms with van der Waals surface area (Å²) in [5, 5.41) is 8.95. The molecule has 0 saturated carbocycles. The molecule has 0 unspecified atom stereocenters. The van der Waals surface area contributed by atoms with Crippen molar-refractivity contribution < 1.29 is 19.4 Å². The number of benzene rings is 2. The molecule has 0 aliphatic heterocycles. The molecule has 166 valence electrons. The summed E-state index contributed by atoms with van der Waals surface area (Å²) < 4.78 is 11.1. The van der Waals surface area contributed by atoms with Crippen LogP contribution in [0.15, 0.2) is 48.5 Å². The fourth-order valence-electron chi connectivity index (χ4n) is 2.85. The van der Waals surface area contributed by atoms with Crippen LogP contribution < -0.4 is 9.47 Å². The van der Waals surface area contributed by atoms with Crippen molar-refractivity contribution in [3.63, 3.8) is 0 Å². The van der Waals surface area contributed by atoms with Crippen molar-refractivity contribution in [2.75, 3.05) is 13.2 Å². The van der Waals surface area contributed by atoms with E-state index in [9.17, 15) is 4.79 Å². The first-order valence-corrected chi connectivity index (χ1v) is 11.2. The predicted octanol–water partition coefficient (Wildman–Crippen LogP) is 6.60. The molecule has 0 radical (unpaired) electrons. The van der Waals surface area contributed by atoms with E-state index in [1.165, 1.54) is 38.5 Å².